The summed E-state index contributed by atoms with van der Waals surface area (Å²) in [7, 11) is -3.11. The average Bonchev–Trinajstić information content (AvgIpc) is 3.26. The number of carbonyl (C=O) groups excluding carboxylic acids is 1. The summed E-state index contributed by atoms with van der Waals surface area (Å²) >= 11 is 0. The first-order chi connectivity index (χ1) is 15.4. The normalized spacial score (nSPS) is 15.8. The fraction of sp³-hybridized carbons (Fsp3) is 0.400. The van der Waals surface area contributed by atoms with Crippen molar-refractivity contribution >= 4 is 26.8 Å². The molecule has 1 amide bonds. The summed E-state index contributed by atoms with van der Waals surface area (Å²) in [5.74, 6) is 0.572. The number of sulfonamides is 1. The molecule has 2 heterocycles. The smallest absolute Gasteiger partial charge is 0.219 e. The molecular formula is C25H31N3O3S. The van der Waals surface area contributed by atoms with Gasteiger partial charge in [0.15, 0.2) is 0 Å². The molecular weight excluding hydrogens is 422 g/mol. The first kappa shape index (κ1) is 22.6. The fourth-order valence-electron chi connectivity index (χ4n) is 4.43. The summed E-state index contributed by atoms with van der Waals surface area (Å²) in [5, 5.41) is 4.11. The molecule has 2 N–H and O–H groups in total. The van der Waals surface area contributed by atoms with Crippen LogP contribution in [0, 0.1) is 0 Å². The molecule has 7 heteroatoms. The van der Waals surface area contributed by atoms with Gasteiger partial charge in [-0.1, -0.05) is 37.3 Å². The molecule has 0 unspecified atom stereocenters. The summed E-state index contributed by atoms with van der Waals surface area (Å²) in [5.41, 5.74) is 5.73. The number of piperidine rings is 1. The topological polar surface area (TPSA) is 82.3 Å². The van der Waals surface area contributed by atoms with Crippen LogP contribution in [0.2, 0.25) is 0 Å². The van der Waals surface area contributed by atoms with Crippen LogP contribution in [0.25, 0.3) is 22.0 Å². The van der Waals surface area contributed by atoms with Crippen LogP contribution in [-0.4, -0.2) is 42.5 Å². The quantitative estimate of drug-likeness (QED) is 0.557. The Morgan fingerprint density at radius 1 is 1.06 bits per heavy atom. The van der Waals surface area contributed by atoms with Gasteiger partial charge in [0.05, 0.1) is 5.75 Å². The van der Waals surface area contributed by atoms with Gasteiger partial charge in [-0.25, -0.2) is 12.7 Å². The Kier molecular flexibility index (Phi) is 6.67. The second kappa shape index (κ2) is 9.46. The average molecular weight is 454 g/mol. The first-order valence-corrected chi connectivity index (χ1v) is 13.0. The first-order valence-electron chi connectivity index (χ1n) is 11.4. The van der Waals surface area contributed by atoms with Gasteiger partial charge >= 0.3 is 0 Å². The summed E-state index contributed by atoms with van der Waals surface area (Å²) in [6, 6.07) is 14.7. The van der Waals surface area contributed by atoms with E-state index in [4.69, 9.17) is 0 Å². The molecule has 32 heavy (non-hydrogen) atoms. The SMILES string of the molecule is CCC(=O)NCc1ccc(-c2ccc3[nH]cc(C4CCN(S(=O)(=O)CC)CC4)c3c2)cc1. The molecule has 170 valence electrons. The number of hydrogen-bond acceptors (Lipinski definition) is 3. The molecule has 0 bridgehead atoms. The second-order valence-electron chi connectivity index (χ2n) is 8.41. The van der Waals surface area contributed by atoms with Crippen molar-refractivity contribution in [3.8, 4) is 11.1 Å². The zero-order valence-electron chi connectivity index (χ0n) is 18.7. The summed E-state index contributed by atoms with van der Waals surface area (Å²) < 4.78 is 26.0. The van der Waals surface area contributed by atoms with E-state index in [-0.39, 0.29) is 11.7 Å². The molecule has 0 radical (unpaired) electrons. The van der Waals surface area contributed by atoms with E-state index in [1.165, 1.54) is 10.9 Å². The van der Waals surface area contributed by atoms with Crippen molar-refractivity contribution in [2.24, 2.45) is 0 Å². The Hall–Kier alpha value is -2.64. The van der Waals surface area contributed by atoms with Crippen LogP contribution >= 0.6 is 0 Å². The maximum atomic E-state index is 12.2. The molecule has 3 aromatic rings. The maximum Gasteiger partial charge on any atom is 0.219 e. The lowest BCUT2D eigenvalue weighted by Gasteiger charge is -2.30. The van der Waals surface area contributed by atoms with Gasteiger partial charge in [-0.05, 0) is 60.1 Å². The van der Waals surface area contributed by atoms with Crippen LogP contribution in [-0.2, 0) is 21.4 Å². The van der Waals surface area contributed by atoms with Crippen molar-refractivity contribution in [2.75, 3.05) is 18.8 Å². The lowest BCUT2D eigenvalue weighted by atomic mass is 9.89. The van der Waals surface area contributed by atoms with E-state index in [9.17, 15) is 13.2 Å². The number of fused-ring (bicyclic) bond motifs is 1. The minimum Gasteiger partial charge on any atom is -0.361 e. The van der Waals surface area contributed by atoms with E-state index >= 15 is 0 Å². The Morgan fingerprint density at radius 2 is 1.75 bits per heavy atom. The highest BCUT2D eigenvalue weighted by molar-refractivity contribution is 7.89. The minimum atomic E-state index is -3.11. The molecule has 0 spiro atoms. The molecule has 1 fully saturated rings. The van der Waals surface area contributed by atoms with E-state index in [0.717, 1.165) is 35.0 Å². The third-order valence-corrected chi connectivity index (χ3v) is 8.35. The molecule has 1 aliphatic heterocycles. The van der Waals surface area contributed by atoms with E-state index in [2.05, 4.69) is 59.0 Å². The highest BCUT2D eigenvalue weighted by Crippen LogP contribution is 2.35. The number of nitrogens with one attached hydrogen (secondary N) is 2. The monoisotopic (exact) mass is 453 g/mol. The standard InChI is InChI=1S/C25H31N3O3S/c1-3-25(29)27-16-18-5-7-19(8-6-18)21-9-10-24-22(15-21)23(17-26-24)20-11-13-28(14-12-20)32(30,31)4-2/h5-10,15,17,20,26H,3-4,11-14,16H2,1-2H3,(H,27,29). The third kappa shape index (κ3) is 4.74. The molecule has 6 nitrogen and oxygen atoms in total. The van der Waals surface area contributed by atoms with Crippen LogP contribution in [0.1, 0.15) is 50.2 Å². The van der Waals surface area contributed by atoms with Crippen molar-refractivity contribution in [2.45, 2.75) is 45.6 Å². The van der Waals surface area contributed by atoms with E-state index in [0.29, 0.717) is 32.0 Å². The largest absolute Gasteiger partial charge is 0.361 e. The van der Waals surface area contributed by atoms with Gasteiger partial charge < -0.3 is 10.3 Å². The highest BCUT2D eigenvalue weighted by Gasteiger charge is 2.28. The number of amides is 1. The van der Waals surface area contributed by atoms with Gasteiger partial charge in [0, 0.05) is 43.2 Å². The number of H-pyrrole nitrogens is 1. The highest BCUT2D eigenvalue weighted by atomic mass is 32.2. The number of benzene rings is 2. The molecule has 0 aliphatic carbocycles. The lowest BCUT2D eigenvalue weighted by molar-refractivity contribution is -0.120. The third-order valence-electron chi connectivity index (χ3n) is 6.46. The van der Waals surface area contributed by atoms with Crippen LogP contribution in [0.15, 0.2) is 48.7 Å². The van der Waals surface area contributed by atoms with Gasteiger partial charge in [0.2, 0.25) is 15.9 Å². The Morgan fingerprint density at radius 3 is 2.41 bits per heavy atom. The Bertz CT molecular complexity index is 1190. The maximum absolute atomic E-state index is 12.2. The molecule has 1 aliphatic rings. The van der Waals surface area contributed by atoms with Crippen molar-refractivity contribution in [3.63, 3.8) is 0 Å². The number of rotatable bonds is 7. The van der Waals surface area contributed by atoms with Gasteiger partial charge in [0.1, 0.15) is 0 Å². The molecule has 4 rings (SSSR count). The van der Waals surface area contributed by atoms with Crippen LogP contribution in [0.3, 0.4) is 0 Å². The number of aromatic amines is 1. The van der Waals surface area contributed by atoms with Crippen molar-refractivity contribution in [1.29, 1.82) is 0 Å². The summed E-state index contributed by atoms with van der Waals surface area (Å²) in [6.45, 7) is 5.27. The van der Waals surface area contributed by atoms with Crippen molar-refractivity contribution in [1.82, 2.24) is 14.6 Å². The van der Waals surface area contributed by atoms with Crippen molar-refractivity contribution in [3.05, 3.63) is 59.8 Å². The predicted octanol–water partition coefficient (Wildman–Crippen LogP) is 4.39. The lowest BCUT2D eigenvalue weighted by Crippen LogP contribution is -2.38. The van der Waals surface area contributed by atoms with E-state index < -0.39 is 10.0 Å². The Balaban J connectivity index is 1.52. The van der Waals surface area contributed by atoms with Gasteiger partial charge in [-0.2, -0.15) is 0 Å². The Labute approximate surface area is 190 Å². The molecule has 2 aromatic carbocycles. The zero-order chi connectivity index (χ0) is 22.7. The number of carbonyl (C=O) groups is 1. The van der Waals surface area contributed by atoms with Gasteiger partial charge in [-0.15, -0.1) is 0 Å². The molecule has 0 saturated carbocycles. The predicted molar refractivity (Wildman–Crippen MR) is 129 cm³/mol. The van der Waals surface area contributed by atoms with Crippen LogP contribution in [0.5, 0.6) is 0 Å². The zero-order valence-corrected chi connectivity index (χ0v) is 19.5. The number of aromatic nitrogens is 1. The van der Waals surface area contributed by atoms with E-state index in [1.807, 2.05) is 6.92 Å². The number of nitrogens with zero attached hydrogens (tertiary/aromatic N) is 1. The fourth-order valence-corrected chi connectivity index (χ4v) is 5.56. The molecule has 1 saturated heterocycles. The number of hydrogen-bond donors (Lipinski definition) is 2. The van der Waals surface area contributed by atoms with Gasteiger partial charge in [0.25, 0.3) is 0 Å². The molecule has 1 aromatic heterocycles. The minimum absolute atomic E-state index is 0.0534. The van der Waals surface area contributed by atoms with Crippen molar-refractivity contribution < 1.29 is 13.2 Å². The van der Waals surface area contributed by atoms with Crippen LogP contribution < -0.4 is 5.32 Å². The van der Waals surface area contributed by atoms with Crippen LogP contribution in [0.4, 0.5) is 0 Å². The summed E-state index contributed by atoms with van der Waals surface area (Å²) in [6.07, 6.45) is 4.26. The summed E-state index contributed by atoms with van der Waals surface area (Å²) in [4.78, 5) is 14.9. The van der Waals surface area contributed by atoms with Gasteiger partial charge in [-0.3, -0.25) is 4.79 Å². The van der Waals surface area contributed by atoms with E-state index in [1.54, 1.807) is 11.2 Å². The second-order valence-corrected chi connectivity index (χ2v) is 10.7. The molecule has 0 atom stereocenters.